The number of nitrogens with one attached hydrogen (secondary N) is 1. The standard InChI is InChI=1S/C13H11ClF3N3O/c14-12-19-10-2-1-8(13(15,16)17)3-9(10)11(21)20(12)6-7-4-18-5-7/h1-3,7,18H,4-6H2. The number of halogens is 4. The van der Waals surface area contributed by atoms with Crippen molar-refractivity contribution in [1.82, 2.24) is 14.9 Å². The number of alkyl halides is 3. The van der Waals surface area contributed by atoms with E-state index in [2.05, 4.69) is 10.3 Å². The molecule has 2 heterocycles. The van der Waals surface area contributed by atoms with Crippen LogP contribution in [0.15, 0.2) is 23.0 Å². The fraction of sp³-hybridized carbons (Fsp3) is 0.385. The molecule has 1 aromatic heterocycles. The van der Waals surface area contributed by atoms with E-state index in [1.54, 1.807) is 0 Å². The van der Waals surface area contributed by atoms with E-state index in [0.717, 1.165) is 25.2 Å². The van der Waals surface area contributed by atoms with Gasteiger partial charge in [0.25, 0.3) is 5.56 Å². The first-order valence-electron chi connectivity index (χ1n) is 6.34. The summed E-state index contributed by atoms with van der Waals surface area (Å²) in [6, 6.07) is 2.89. The molecule has 1 aromatic carbocycles. The SMILES string of the molecule is O=c1c2cc(C(F)(F)F)ccc2nc(Cl)n1CC1CNC1. The van der Waals surface area contributed by atoms with Gasteiger partial charge in [-0.25, -0.2) is 4.98 Å². The van der Waals surface area contributed by atoms with E-state index in [1.165, 1.54) is 10.6 Å². The molecule has 112 valence electrons. The molecule has 4 nitrogen and oxygen atoms in total. The molecule has 1 fully saturated rings. The van der Waals surface area contributed by atoms with Crippen LogP contribution in [-0.4, -0.2) is 22.6 Å². The number of rotatable bonds is 2. The number of nitrogens with zero attached hydrogens (tertiary/aromatic N) is 2. The van der Waals surface area contributed by atoms with Gasteiger partial charge in [0.05, 0.1) is 16.5 Å². The molecule has 21 heavy (non-hydrogen) atoms. The molecule has 0 unspecified atom stereocenters. The van der Waals surface area contributed by atoms with Gasteiger partial charge in [-0.2, -0.15) is 13.2 Å². The van der Waals surface area contributed by atoms with Crippen LogP contribution < -0.4 is 10.9 Å². The van der Waals surface area contributed by atoms with E-state index >= 15 is 0 Å². The Bertz CT molecular complexity index is 753. The summed E-state index contributed by atoms with van der Waals surface area (Å²) in [6.45, 7) is 1.86. The zero-order chi connectivity index (χ0) is 15.2. The van der Waals surface area contributed by atoms with Gasteiger partial charge < -0.3 is 5.32 Å². The number of fused-ring (bicyclic) bond motifs is 1. The van der Waals surface area contributed by atoms with Crippen LogP contribution in [0.4, 0.5) is 13.2 Å². The first kappa shape index (κ1) is 14.3. The van der Waals surface area contributed by atoms with Crippen LogP contribution in [0, 0.1) is 5.92 Å². The van der Waals surface area contributed by atoms with E-state index in [4.69, 9.17) is 11.6 Å². The van der Waals surface area contributed by atoms with Gasteiger partial charge in [0.15, 0.2) is 0 Å². The minimum absolute atomic E-state index is 0.000779. The van der Waals surface area contributed by atoms with Gasteiger partial charge in [-0.3, -0.25) is 9.36 Å². The molecule has 1 aliphatic rings. The Balaban J connectivity index is 2.14. The first-order chi connectivity index (χ1) is 9.86. The predicted octanol–water partition coefficient (Wildman–Crippen LogP) is 2.29. The van der Waals surface area contributed by atoms with Gasteiger partial charge in [-0.1, -0.05) is 0 Å². The Labute approximate surface area is 122 Å². The van der Waals surface area contributed by atoms with Crippen molar-refractivity contribution < 1.29 is 13.2 Å². The van der Waals surface area contributed by atoms with Gasteiger partial charge in [-0.15, -0.1) is 0 Å². The van der Waals surface area contributed by atoms with Crippen molar-refractivity contribution in [1.29, 1.82) is 0 Å². The minimum atomic E-state index is -4.50. The zero-order valence-electron chi connectivity index (χ0n) is 10.7. The third-order valence-electron chi connectivity index (χ3n) is 3.54. The van der Waals surface area contributed by atoms with Crippen LogP contribution in [0.3, 0.4) is 0 Å². The van der Waals surface area contributed by atoms with Crippen LogP contribution in [0.2, 0.25) is 5.28 Å². The minimum Gasteiger partial charge on any atom is -0.316 e. The Morgan fingerprint density at radius 1 is 1.38 bits per heavy atom. The summed E-state index contributed by atoms with van der Waals surface area (Å²) >= 11 is 5.97. The van der Waals surface area contributed by atoms with E-state index in [-0.39, 0.29) is 22.1 Å². The summed E-state index contributed by atoms with van der Waals surface area (Å²) in [5.41, 5.74) is -1.24. The van der Waals surface area contributed by atoms with Crippen molar-refractivity contribution in [3.8, 4) is 0 Å². The van der Waals surface area contributed by atoms with Gasteiger partial charge in [0.1, 0.15) is 0 Å². The highest BCUT2D eigenvalue weighted by Gasteiger charge is 2.31. The smallest absolute Gasteiger partial charge is 0.316 e. The van der Waals surface area contributed by atoms with Crippen molar-refractivity contribution in [3.63, 3.8) is 0 Å². The van der Waals surface area contributed by atoms with Crippen molar-refractivity contribution in [2.75, 3.05) is 13.1 Å². The normalized spacial score (nSPS) is 16.2. The molecule has 0 saturated carbocycles. The lowest BCUT2D eigenvalue weighted by Gasteiger charge is -2.27. The molecule has 8 heteroatoms. The Morgan fingerprint density at radius 2 is 2.10 bits per heavy atom. The fourth-order valence-corrected chi connectivity index (χ4v) is 2.50. The molecule has 1 N–H and O–H groups in total. The molecule has 0 radical (unpaired) electrons. The second-order valence-electron chi connectivity index (χ2n) is 5.05. The average Bonchev–Trinajstić information content (AvgIpc) is 2.35. The molecule has 0 bridgehead atoms. The van der Waals surface area contributed by atoms with Crippen LogP contribution in [0.1, 0.15) is 5.56 Å². The van der Waals surface area contributed by atoms with Gasteiger partial charge >= 0.3 is 6.18 Å². The largest absolute Gasteiger partial charge is 0.416 e. The molecule has 1 saturated heterocycles. The van der Waals surface area contributed by atoms with Crippen molar-refractivity contribution >= 4 is 22.5 Å². The van der Waals surface area contributed by atoms with E-state index < -0.39 is 17.3 Å². The van der Waals surface area contributed by atoms with E-state index in [0.29, 0.717) is 6.54 Å². The molecule has 0 atom stereocenters. The Kier molecular flexibility index (Phi) is 3.41. The number of hydrogen-bond donors (Lipinski definition) is 1. The third-order valence-corrected chi connectivity index (χ3v) is 3.83. The Hall–Kier alpha value is -1.60. The summed E-state index contributed by atoms with van der Waals surface area (Å²) in [4.78, 5) is 16.4. The van der Waals surface area contributed by atoms with Crippen molar-refractivity contribution in [2.24, 2.45) is 5.92 Å². The molecule has 3 rings (SSSR count). The lowest BCUT2D eigenvalue weighted by atomic mass is 10.0. The highest BCUT2D eigenvalue weighted by atomic mass is 35.5. The second-order valence-corrected chi connectivity index (χ2v) is 5.39. The molecule has 0 spiro atoms. The summed E-state index contributed by atoms with van der Waals surface area (Å²) in [7, 11) is 0. The number of hydrogen-bond acceptors (Lipinski definition) is 3. The zero-order valence-corrected chi connectivity index (χ0v) is 11.5. The van der Waals surface area contributed by atoms with Crippen molar-refractivity contribution in [2.45, 2.75) is 12.7 Å². The summed E-state index contributed by atoms with van der Waals surface area (Å²) in [5, 5.41) is 2.99. The summed E-state index contributed by atoms with van der Waals surface area (Å²) < 4.78 is 39.4. The number of benzene rings is 1. The molecule has 2 aromatic rings. The molecule has 0 amide bonds. The van der Waals surface area contributed by atoms with Gasteiger partial charge in [0, 0.05) is 25.6 Å². The van der Waals surface area contributed by atoms with Crippen LogP contribution in [0.25, 0.3) is 10.9 Å². The fourth-order valence-electron chi connectivity index (χ4n) is 2.26. The first-order valence-corrected chi connectivity index (χ1v) is 6.72. The highest BCUT2D eigenvalue weighted by molar-refractivity contribution is 6.28. The summed E-state index contributed by atoms with van der Waals surface area (Å²) in [5.74, 6) is 0.241. The predicted molar refractivity (Wildman–Crippen MR) is 72.4 cm³/mol. The monoisotopic (exact) mass is 317 g/mol. The van der Waals surface area contributed by atoms with Crippen LogP contribution >= 0.6 is 11.6 Å². The maximum absolute atomic E-state index is 12.7. The quantitative estimate of drug-likeness (QED) is 0.865. The van der Waals surface area contributed by atoms with Crippen LogP contribution in [-0.2, 0) is 12.7 Å². The van der Waals surface area contributed by atoms with Crippen molar-refractivity contribution in [3.05, 3.63) is 39.4 Å². The van der Waals surface area contributed by atoms with Crippen LogP contribution in [0.5, 0.6) is 0 Å². The van der Waals surface area contributed by atoms with Gasteiger partial charge in [-0.05, 0) is 29.8 Å². The molecular weight excluding hydrogens is 307 g/mol. The van der Waals surface area contributed by atoms with E-state index in [1.807, 2.05) is 0 Å². The second kappa shape index (κ2) is 4.99. The highest BCUT2D eigenvalue weighted by Crippen LogP contribution is 2.30. The van der Waals surface area contributed by atoms with E-state index in [9.17, 15) is 18.0 Å². The molecule has 0 aliphatic carbocycles. The third kappa shape index (κ3) is 2.63. The lowest BCUT2D eigenvalue weighted by molar-refractivity contribution is -0.137. The maximum Gasteiger partial charge on any atom is 0.416 e. The average molecular weight is 318 g/mol. The maximum atomic E-state index is 12.7. The molecule has 1 aliphatic heterocycles. The Morgan fingerprint density at radius 3 is 2.67 bits per heavy atom. The summed E-state index contributed by atoms with van der Waals surface area (Å²) in [6.07, 6.45) is -4.50. The lowest BCUT2D eigenvalue weighted by Crippen LogP contribution is -2.45. The topological polar surface area (TPSA) is 46.9 Å². The molecular formula is C13H11ClF3N3O. The number of aromatic nitrogens is 2. The van der Waals surface area contributed by atoms with Gasteiger partial charge in [0.2, 0.25) is 5.28 Å².